The van der Waals surface area contributed by atoms with Crippen molar-refractivity contribution >= 4 is 11.8 Å². The summed E-state index contributed by atoms with van der Waals surface area (Å²) in [5.41, 5.74) is 2.29. The standard InChI is InChI=1S/C17H20O3/c1-20-17(19)16-12-6-3-2-5-11(12)9-10-14(16)13-7-4-8-15(13)18/h2-3,5-6,13-14,16H,4,7-10H2,1H3. The van der Waals surface area contributed by atoms with Crippen molar-refractivity contribution in [3.05, 3.63) is 35.4 Å². The maximum Gasteiger partial charge on any atom is 0.313 e. The van der Waals surface area contributed by atoms with Crippen LogP contribution in [0.25, 0.3) is 0 Å². The lowest BCUT2D eigenvalue weighted by Gasteiger charge is -2.34. The molecule has 0 saturated heterocycles. The Bertz CT molecular complexity index is 535. The van der Waals surface area contributed by atoms with E-state index in [4.69, 9.17) is 4.74 Å². The van der Waals surface area contributed by atoms with E-state index >= 15 is 0 Å². The van der Waals surface area contributed by atoms with Crippen LogP contribution in [0.2, 0.25) is 0 Å². The first-order valence-corrected chi connectivity index (χ1v) is 7.40. The summed E-state index contributed by atoms with van der Waals surface area (Å²) in [4.78, 5) is 24.4. The lowest BCUT2D eigenvalue weighted by molar-refractivity contribution is -0.145. The Balaban J connectivity index is 1.99. The molecule has 3 unspecified atom stereocenters. The van der Waals surface area contributed by atoms with Gasteiger partial charge in [0, 0.05) is 12.3 Å². The molecule has 1 aromatic carbocycles. The van der Waals surface area contributed by atoms with Crippen LogP contribution in [0, 0.1) is 11.8 Å². The van der Waals surface area contributed by atoms with Crippen molar-refractivity contribution in [1.82, 2.24) is 0 Å². The van der Waals surface area contributed by atoms with Crippen molar-refractivity contribution in [1.29, 1.82) is 0 Å². The molecule has 3 nitrogen and oxygen atoms in total. The summed E-state index contributed by atoms with van der Waals surface area (Å²) in [6.07, 6.45) is 4.44. The number of methoxy groups -OCH3 is 1. The number of carbonyl (C=O) groups excluding carboxylic acids is 2. The SMILES string of the molecule is COC(=O)C1c2ccccc2CCC1C1CCCC1=O. The lowest BCUT2D eigenvalue weighted by atomic mass is 9.69. The summed E-state index contributed by atoms with van der Waals surface area (Å²) in [5.74, 6) is 0.0435. The molecule has 1 fully saturated rings. The minimum absolute atomic E-state index is 0.0486. The van der Waals surface area contributed by atoms with Gasteiger partial charge in [-0.1, -0.05) is 24.3 Å². The number of Topliss-reactive ketones (excluding diaryl/α,β-unsaturated/α-hetero) is 1. The van der Waals surface area contributed by atoms with Gasteiger partial charge in [0.05, 0.1) is 13.0 Å². The van der Waals surface area contributed by atoms with Crippen LogP contribution in [-0.4, -0.2) is 18.9 Å². The molecule has 0 heterocycles. The van der Waals surface area contributed by atoms with E-state index in [0.29, 0.717) is 12.2 Å². The number of ether oxygens (including phenoxy) is 1. The van der Waals surface area contributed by atoms with Crippen LogP contribution in [-0.2, 0) is 20.7 Å². The zero-order chi connectivity index (χ0) is 14.1. The Kier molecular flexibility index (Phi) is 3.60. The second-order valence-electron chi connectivity index (χ2n) is 5.87. The van der Waals surface area contributed by atoms with Crippen LogP contribution in [0.4, 0.5) is 0 Å². The van der Waals surface area contributed by atoms with E-state index in [0.717, 1.165) is 31.2 Å². The highest BCUT2D eigenvalue weighted by Gasteiger charge is 2.43. The summed E-state index contributed by atoms with van der Waals surface area (Å²) in [7, 11) is 1.44. The molecule has 0 bridgehead atoms. The molecular formula is C17H20O3. The summed E-state index contributed by atoms with van der Waals surface area (Å²) in [5, 5.41) is 0. The molecule has 0 aromatic heterocycles. The Morgan fingerprint density at radius 3 is 2.70 bits per heavy atom. The maximum atomic E-state index is 12.3. The van der Waals surface area contributed by atoms with E-state index in [-0.39, 0.29) is 23.7 Å². The molecule has 3 heteroatoms. The number of rotatable bonds is 2. The average molecular weight is 272 g/mol. The summed E-state index contributed by atoms with van der Waals surface area (Å²) < 4.78 is 5.02. The second-order valence-corrected chi connectivity index (χ2v) is 5.87. The molecule has 0 amide bonds. The van der Waals surface area contributed by atoms with Crippen LogP contribution in [0.1, 0.15) is 42.7 Å². The fourth-order valence-electron chi connectivity index (χ4n) is 3.94. The smallest absolute Gasteiger partial charge is 0.313 e. The molecule has 0 spiro atoms. The third-order valence-corrected chi connectivity index (χ3v) is 4.89. The molecule has 20 heavy (non-hydrogen) atoms. The average Bonchev–Trinajstić information content (AvgIpc) is 2.91. The first-order valence-electron chi connectivity index (χ1n) is 7.40. The molecule has 2 aliphatic carbocycles. The zero-order valence-electron chi connectivity index (χ0n) is 11.8. The van der Waals surface area contributed by atoms with E-state index in [1.807, 2.05) is 18.2 Å². The third-order valence-electron chi connectivity index (χ3n) is 4.89. The molecule has 106 valence electrons. The predicted octanol–water partition coefficient (Wildman–Crippen LogP) is 2.87. The van der Waals surface area contributed by atoms with Crippen molar-refractivity contribution in [3.63, 3.8) is 0 Å². The van der Waals surface area contributed by atoms with Gasteiger partial charge in [0.15, 0.2) is 0 Å². The van der Waals surface area contributed by atoms with Gasteiger partial charge in [-0.05, 0) is 42.7 Å². The Hall–Kier alpha value is -1.64. The van der Waals surface area contributed by atoms with Gasteiger partial charge in [-0.3, -0.25) is 9.59 Å². The van der Waals surface area contributed by atoms with Crippen LogP contribution < -0.4 is 0 Å². The number of ketones is 1. The van der Waals surface area contributed by atoms with Crippen molar-refractivity contribution in [2.24, 2.45) is 11.8 Å². The highest BCUT2D eigenvalue weighted by atomic mass is 16.5. The molecule has 2 aliphatic rings. The number of carbonyl (C=O) groups is 2. The molecular weight excluding hydrogens is 252 g/mol. The lowest BCUT2D eigenvalue weighted by Crippen LogP contribution is -2.34. The monoisotopic (exact) mass is 272 g/mol. The van der Waals surface area contributed by atoms with Crippen molar-refractivity contribution in [3.8, 4) is 0 Å². The van der Waals surface area contributed by atoms with E-state index in [1.165, 1.54) is 12.7 Å². The number of aryl methyl sites for hydroxylation is 1. The molecule has 0 N–H and O–H groups in total. The van der Waals surface area contributed by atoms with Gasteiger partial charge >= 0.3 is 5.97 Å². The fraction of sp³-hybridized carbons (Fsp3) is 0.529. The van der Waals surface area contributed by atoms with Crippen LogP contribution in [0.3, 0.4) is 0 Å². The predicted molar refractivity (Wildman–Crippen MR) is 75.4 cm³/mol. The molecule has 0 radical (unpaired) electrons. The number of fused-ring (bicyclic) bond motifs is 1. The van der Waals surface area contributed by atoms with Crippen molar-refractivity contribution in [2.45, 2.75) is 38.0 Å². The van der Waals surface area contributed by atoms with Gasteiger partial charge in [-0.2, -0.15) is 0 Å². The van der Waals surface area contributed by atoms with Gasteiger partial charge < -0.3 is 4.74 Å². The quantitative estimate of drug-likeness (QED) is 0.777. The minimum atomic E-state index is -0.267. The molecule has 1 aromatic rings. The first kappa shape index (κ1) is 13.3. The van der Waals surface area contributed by atoms with E-state index < -0.39 is 0 Å². The summed E-state index contributed by atoms with van der Waals surface area (Å²) in [6.45, 7) is 0. The number of hydrogen-bond donors (Lipinski definition) is 0. The maximum absolute atomic E-state index is 12.3. The topological polar surface area (TPSA) is 43.4 Å². The molecule has 3 rings (SSSR count). The number of hydrogen-bond acceptors (Lipinski definition) is 3. The Morgan fingerprint density at radius 1 is 1.20 bits per heavy atom. The van der Waals surface area contributed by atoms with Crippen LogP contribution in [0.5, 0.6) is 0 Å². The third kappa shape index (κ3) is 2.15. The fourth-order valence-corrected chi connectivity index (χ4v) is 3.94. The van der Waals surface area contributed by atoms with Gasteiger partial charge in [-0.25, -0.2) is 0 Å². The molecule has 3 atom stereocenters. The Morgan fingerprint density at radius 2 is 2.00 bits per heavy atom. The van der Waals surface area contributed by atoms with Crippen molar-refractivity contribution < 1.29 is 14.3 Å². The van der Waals surface area contributed by atoms with E-state index in [1.54, 1.807) is 0 Å². The summed E-state index contributed by atoms with van der Waals surface area (Å²) in [6, 6.07) is 8.07. The number of esters is 1. The first-order chi connectivity index (χ1) is 9.72. The minimum Gasteiger partial charge on any atom is -0.469 e. The van der Waals surface area contributed by atoms with Crippen molar-refractivity contribution in [2.75, 3.05) is 7.11 Å². The normalized spacial score (nSPS) is 29.1. The summed E-state index contributed by atoms with van der Waals surface area (Å²) >= 11 is 0. The zero-order valence-corrected chi connectivity index (χ0v) is 11.8. The van der Waals surface area contributed by atoms with Gasteiger partial charge in [0.1, 0.15) is 5.78 Å². The second kappa shape index (κ2) is 5.39. The van der Waals surface area contributed by atoms with Crippen LogP contribution in [0.15, 0.2) is 24.3 Å². The van der Waals surface area contributed by atoms with E-state index in [2.05, 4.69) is 6.07 Å². The Labute approximate surface area is 119 Å². The highest BCUT2D eigenvalue weighted by Crippen LogP contribution is 2.44. The molecule has 0 aliphatic heterocycles. The molecule has 1 saturated carbocycles. The van der Waals surface area contributed by atoms with E-state index in [9.17, 15) is 9.59 Å². The van der Waals surface area contributed by atoms with Gasteiger partial charge in [0.2, 0.25) is 0 Å². The van der Waals surface area contributed by atoms with Crippen LogP contribution >= 0.6 is 0 Å². The highest BCUT2D eigenvalue weighted by molar-refractivity contribution is 5.86. The number of benzene rings is 1. The van der Waals surface area contributed by atoms with Gasteiger partial charge in [0.25, 0.3) is 0 Å². The largest absolute Gasteiger partial charge is 0.469 e. The van der Waals surface area contributed by atoms with Gasteiger partial charge in [-0.15, -0.1) is 0 Å².